The number of methoxy groups -OCH3 is 1. The molecule has 2 aromatic rings. The maximum atomic E-state index is 5.49. The molecule has 1 aromatic carbocycles. The number of ether oxygens (including phenoxy) is 1. The Morgan fingerprint density at radius 3 is 3.00 bits per heavy atom. The maximum absolute atomic E-state index is 5.49. The molecule has 1 aromatic heterocycles. The fraction of sp³-hybridized carbons (Fsp3) is 0.0909. The molecule has 1 heterocycles. The Kier molecular flexibility index (Phi) is 3.56. The van der Waals surface area contributed by atoms with Crippen molar-refractivity contribution in [2.45, 2.75) is 0 Å². The van der Waals surface area contributed by atoms with Gasteiger partial charge in [-0.2, -0.15) is 5.10 Å². The molecule has 0 atom stereocenters. The Labute approximate surface area is 103 Å². The van der Waals surface area contributed by atoms with E-state index in [0.29, 0.717) is 10.9 Å². The lowest BCUT2D eigenvalue weighted by molar-refractivity contribution is 0.414. The van der Waals surface area contributed by atoms with Crippen LogP contribution in [0.5, 0.6) is 5.75 Å². The van der Waals surface area contributed by atoms with Crippen LogP contribution in [-0.4, -0.2) is 18.3 Å². The van der Waals surface area contributed by atoms with E-state index in [1.807, 2.05) is 24.3 Å². The molecule has 0 saturated heterocycles. The lowest BCUT2D eigenvalue weighted by atomic mass is 10.2. The van der Waals surface area contributed by atoms with E-state index in [1.54, 1.807) is 18.7 Å². The molecule has 6 heteroatoms. The molecule has 0 aliphatic rings. The summed E-state index contributed by atoms with van der Waals surface area (Å²) in [5.74, 6) is 1.27. The molecule has 0 saturated carbocycles. The molecule has 0 fully saturated rings. The van der Waals surface area contributed by atoms with Crippen LogP contribution in [0.2, 0.25) is 0 Å². The van der Waals surface area contributed by atoms with Gasteiger partial charge in [-0.05, 0) is 12.1 Å². The summed E-state index contributed by atoms with van der Waals surface area (Å²) < 4.78 is 5.20. The highest BCUT2D eigenvalue weighted by Crippen LogP contribution is 2.17. The molecule has 0 radical (unpaired) electrons. The number of nitrogens with zero attached hydrogens (tertiary/aromatic N) is 2. The average molecular weight is 248 g/mol. The minimum absolute atomic E-state index is 0.491. The third kappa shape index (κ3) is 2.94. The van der Waals surface area contributed by atoms with Crippen molar-refractivity contribution >= 4 is 28.5 Å². The molecule has 0 unspecified atom stereocenters. The van der Waals surface area contributed by atoms with Crippen molar-refractivity contribution in [2.75, 3.05) is 18.3 Å². The third-order valence-electron chi connectivity index (χ3n) is 2.02. The number of thiazole rings is 1. The van der Waals surface area contributed by atoms with Crippen molar-refractivity contribution in [3.05, 3.63) is 35.2 Å². The minimum atomic E-state index is 0.491. The fourth-order valence-electron chi connectivity index (χ4n) is 1.27. The third-order valence-corrected chi connectivity index (χ3v) is 2.79. The van der Waals surface area contributed by atoms with Gasteiger partial charge in [-0.1, -0.05) is 12.1 Å². The summed E-state index contributed by atoms with van der Waals surface area (Å²) in [5.41, 5.74) is 9.20. The van der Waals surface area contributed by atoms with Crippen LogP contribution in [-0.2, 0) is 0 Å². The molecule has 0 amide bonds. The van der Waals surface area contributed by atoms with Crippen molar-refractivity contribution < 1.29 is 4.74 Å². The summed E-state index contributed by atoms with van der Waals surface area (Å²) in [6, 6.07) is 7.62. The average Bonchev–Trinajstić information content (AvgIpc) is 2.76. The quantitative estimate of drug-likeness (QED) is 0.642. The van der Waals surface area contributed by atoms with Crippen molar-refractivity contribution in [3.63, 3.8) is 0 Å². The van der Waals surface area contributed by atoms with Gasteiger partial charge in [0, 0.05) is 10.9 Å². The first-order valence-corrected chi connectivity index (χ1v) is 5.80. The van der Waals surface area contributed by atoms with E-state index in [0.717, 1.165) is 11.3 Å². The molecule has 2 rings (SSSR count). The van der Waals surface area contributed by atoms with E-state index >= 15 is 0 Å². The minimum Gasteiger partial charge on any atom is -0.496 e. The fourth-order valence-corrected chi connectivity index (χ4v) is 1.82. The summed E-state index contributed by atoms with van der Waals surface area (Å²) in [6.07, 6.45) is 1.68. The number of benzene rings is 1. The molecule has 3 N–H and O–H groups in total. The number of hydrazone groups is 1. The van der Waals surface area contributed by atoms with Crippen molar-refractivity contribution in [1.29, 1.82) is 0 Å². The topological polar surface area (TPSA) is 72.5 Å². The van der Waals surface area contributed by atoms with Gasteiger partial charge in [0.25, 0.3) is 0 Å². The van der Waals surface area contributed by atoms with Gasteiger partial charge in [-0.25, -0.2) is 4.98 Å². The lowest BCUT2D eigenvalue weighted by Gasteiger charge is -2.02. The number of hydrogen-bond acceptors (Lipinski definition) is 6. The van der Waals surface area contributed by atoms with Crippen LogP contribution in [0.15, 0.2) is 34.7 Å². The van der Waals surface area contributed by atoms with E-state index in [-0.39, 0.29) is 0 Å². The highest BCUT2D eigenvalue weighted by atomic mass is 32.1. The van der Waals surface area contributed by atoms with Gasteiger partial charge in [0.1, 0.15) is 11.6 Å². The highest BCUT2D eigenvalue weighted by Gasteiger charge is 1.98. The zero-order valence-corrected chi connectivity index (χ0v) is 10.1. The first-order valence-electron chi connectivity index (χ1n) is 4.92. The lowest BCUT2D eigenvalue weighted by Crippen LogP contribution is -1.93. The van der Waals surface area contributed by atoms with Crippen molar-refractivity contribution in [1.82, 2.24) is 4.98 Å². The van der Waals surface area contributed by atoms with Crippen LogP contribution in [0.25, 0.3) is 0 Å². The second kappa shape index (κ2) is 5.31. The number of rotatable bonds is 4. The Balaban J connectivity index is 2.05. The molecular formula is C11H12N4OS. The molecule has 5 nitrogen and oxygen atoms in total. The van der Waals surface area contributed by atoms with Crippen LogP contribution in [0.4, 0.5) is 10.9 Å². The number of hydrogen-bond donors (Lipinski definition) is 2. The number of aromatic nitrogens is 1. The summed E-state index contributed by atoms with van der Waals surface area (Å²) >= 11 is 1.40. The van der Waals surface area contributed by atoms with Gasteiger partial charge in [-0.15, -0.1) is 11.3 Å². The predicted molar refractivity (Wildman–Crippen MR) is 70.7 cm³/mol. The number of nitrogens with two attached hydrogens (primary N) is 1. The van der Waals surface area contributed by atoms with Crippen LogP contribution in [0.3, 0.4) is 0 Å². The number of nitrogen functional groups attached to an aromatic ring is 1. The second-order valence-electron chi connectivity index (χ2n) is 3.19. The monoisotopic (exact) mass is 248 g/mol. The molecule has 0 spiro atoms. The predicted octanol–water partition coefficient (Wildman–Crippen LogP) is 2.18. The maximum Gasteiger partial charge on any atom is 0.205 e. The van der Waals surface area contributed by atoms with Gasteiger partial charge in [0.05, 0.1) is 13.3 Å². The van der Waals surface area contributed by atoms with E-state index in [2.05, 4.69) is 15.5 Å². The van der Waals surface area contributed by atoms with E-state index in [1.165, 1.54) is 11.3 Å². The first kappa shape index (κ1) is 11.4. The molecule has 17 heavy (non-hydrogen) atoms. The first-order chi connectivity index (χ1) is 8.29. The summed E-state index contributed by atoms with van der Waals surface area (Å²) in [4.78, 5) is 4.02. The summed E-state index contributed by atoms with van der Waals surface area (Å²) in [5, 5.41) is 6.48. The van der Waals surface area contributed by atoms with E-state index in [9.17, 15) is 0 Å². The van der Waals surface area contributed by atoms with E-state index < -0.39 is 0 Å². The smallest absolute Gasteiger partial charge is 0.205 e. The Morgan fingerprint density at radius 2 is 2.29 bits per heavy atom. The van der Waals surface area contributed by atoms with Crippen molar-refractivity contribution in [2.24, 2.45) is 5.10 Å². The molecular weight excluding hydrogens is 236 g/mol. The Bertz CT molecular complexity index is 524. The standard InChI is InChI=1S/C11H12N4OS/c1-16-9-5-3-2-4-8(9)6-13-15-11-14-10(12)7-17-11/h2-7H,12H2,1H3,(H,14,15). The summed E-state index contributed by atoms with van der Waals surface area (Å²) in [6.45, 7) is 0. The van der Waals surface area contributed by atoms with Gasteiger partial charge < -0.3 is 10.5 Å². The second-order valence-corrected chi connectivity index (χ2v) is 4.05. The number of nitrogens with one attached hydrogen (secondary N) is 1. The van der Waals surface area contributed by atoms with Gasteiger partial charge in [0.15, 0.2) is 0 Å². The Hall–Kier alpha value is -2.08. The van der Waals surface area contributed by atoms with Crippen LogP contribution in [0, 0.1) is 0 Å². The van der Waals surface area contributed by atoms with Gasteiger partial charge >= 0.3 is 0 Å². The zero-order valence-electron chi connectivity index (χ0n) is 9.25. The SMILES string of the molecule is COc1ccccc1C=NNc1nc(N)cs1. The summed E-state index contributed by atoms with van der Waals surface area (Å²) in [7, 11) is 1.63. The van der Waals surface area contributed by atoms with Gasteiger partial charge in [0.2, 0.25) is 5.13 Å². The van der Waals surface area contributed by atoms with Crippen LogP contribution in [0.1, 0.15) is 5.56 Å². The molecule has 0 bridgehead atoms. The number of para-hydroxylation sites is 1. The normalized spacial score (nSPS) is 10.6. The largest absolute Gasteiger partial charge is 0.496 e. The Morgan fingerprint density at radius 1 is 1.47 bits per heavy atom. The van der Waals surface area contributed by atoms with Crippen molar-refractivity contribution in [3.8, 4) is 5.75 Å². The van der Waals surface area contributed by atoms with Crippen LogP contribution < -0.4 is 15.9 Å². The molecule has 88 valence electrons. The molecule has 0 aliphatic heterocycles. The molecule has 0 aliphatic carbocycles. The van der Waals surface area contributed by atoms with E-state index in [4.69, 9.17) is 10.5 Å². The zero-order chi connectivity index (χ0) is 12.1. The highest BCUT2D eigenvalue weighted by molar-refractivity contribution is 7.14. The van der Waals surface area contributed by atoms with Crippen LogP contribution >= 0.6 is 11.3 Å². The number of anilines is 2. The van der Waals surface area contributed by atoms with Gasteiger partial charge in [-0.3, -0.25) is 5.43 Å².